The molecule has 1 fully saturated rings. The van der Waals surface area contributed by atoms with Crippen LogP contribution in [0.25, 0.3) is 0 Å². The van der Waals surface area contributed by atoms with Gasteiger partial charge in [0.05, 0.1) is 0 Å². The number of carbonyl (C=O) groups excluding carboxylic acids is 1. The lowest BCUT2D eigenvalue weighted by Crippen LogP contribution is -2.35. The van der Waals surface area contributed by atoms with Crippen LogP contribution in [0.1, 0.15) is 41.0 Å². The third-order valence-electron chi connectivity index (χ3n) is 5.10. The van der Waals surface area contributed by atoms with Gasteiger partial charge in [0.15, 0.2) is 5.82 Å². The molecule has 1 saturated heterocycles. The zero-order valence-corrected chi connectivity index (χ0v) is 17.9. The van der Waals surface area contributed by atoms with Gasteiger partial charge in [-0.1, -0.05) is 23.9 Å². The van der Waals surface area contributed by atoms with E-state index in [9.17, 15) is 9.18 Å². The molecule has 31 heavy (non-hydrogen) atoms. The van der Waals surface area contributed by atoms with E-state index in [4.69, 9.17) is 10.6 Å². The minimum absolute atomic E-state index is 0.0915. The van der Waals surface area contributed by atoms with Crippen molar-refractivity contribution < 1.29 is 13.9 Å². The Kier molecular flexibility index (Phi) is 6.71. The second kappa shape index (κ2) is 9.82. The average molecular weight is 442 g/mol. The number of nitrogens with zero attached hydrogens (tertiary/aromatic N) is 4. The van der Waals surface area contributed by atoms with Crippen LogP contribution in [0, 0.1) is 5.82 Å². The van der Waals surface area contributed by atoms with Crippen molar-refractivity contribution in [3.05, 3.63) is 71.3 Å². The molecule has 7 nitrogen and oxygen atoms in total. The van der Waals surface area contributed by atoms with Crippen molar-refractivity contribution in [1.82, 2.24) is 19.8 Å². The van der Waals surface area contributed by atoms with E-state index in [0.29, 0.717) is 28.0 Å². The van der Waals surface area contributed by atoms with Gasteiger partial charge in [-0.25, -0.2) is 9.07 Å². The molecule has 0 bridgehead atoms. The Morgan fingerprint density at radius 3 is 2.65 bits per heavy atom. The van der Waals surface area contributed by atoms with E-state index in [0.717, 1.165) is 31.5 Å². The maximum Gasteiger partial charge on any atom is 0.253 e. The van der Waals surface area contributed by atoms with Crippen molar-refractivity contribution >= 4 is 17.7 Å². The van der Waals surface area contributed by atoms with Crippen molar-refractivity contribution in [1.29, 1.82) is 0 Å². The minimum atomic E-state index is -0.324. The van der Waals surface area contributed by atoms with Crippen molar-refractivity contribution in [3.8, 4) is 5.75 Å². The molecule has 2 aromatic carbocycles. The van der Waals surface area contributed by atoms with E-state index in [1.165, 1.54) is 35.0 Å². The van der Waals surface area contributed by atoms with Crippen LogP contribution >= 0.6 is 11.8 Å². The van der Waals surface area contributed by atoms with Gasteiger partial charge in [-0.3, -0.25) is 4.79 Å². The maximum atomic E-state index is 13.0. The predicted molar refractivity (Wildman–Crippen MR) is 117 cm³/mol. The summed E-state index contributed by atoms with van der Waals surface area (Å²) in [4.78, 5) is 14.7. The molecule has 0 unspecified atom stereocenters. The number of piperidine rings is 1. The first-order chi connectivity index (χ1) is 15.1. The summed E-state index contributed by atoms with van der Waals surface area (Å²) in [5.74, 6) is 7.46. The van der Waals surface area contributed by atoms with Crippen molar-refractivity contribution in [2.75, 3.05) is 18.9 Å². The maximum absolute atomic E-state index is 13.0. The van der Waals surface area contributed by atoms with Crippen LogP contribution in [0.5, 0.6) is 5.75 Å². The fourth-order valence-electron chi connectivity index (χ4n) is 3.40. The SMILES string of the molecule is Nn1c(COc2ccc(F)cc2)nnc1SCc1cccc(C(=O)N2CCCCC2)c1. The van der Waals surface area contributed by atoms with Gasteiger partial charge in [0.25, 0.3) is 5.91 Å². The molecule has 3 aromatic rings. The number of hydrogen-bond donors (Lipinski definition) is 1. The van der Waals surface area contributed by atoms with E-state index in [1.54, 1.807) is 12.1 Å². The van der Waals surface area contributed by atoms with Gasteiger partial charge in [0.1, 0.15) is 18.2 Å². The Hall–Kier alpha value is -3.07. The first-order valence-corrected chi connectivity index (χ1v) is 11.2. The lowest BCUT2D eigenvalue weighted by atomic mass is 10.1. The molecular formula is C22H24FN5O2S. The highest BCUT2D eigenvalue weighted by molar-refractivity contribution is 7.98. The number of ether oxygens (including phenoxy) is 1. The van der Waals surface area contributed by atoms with Crippen molar-refractivity contribution in [3.63, 3.8) is 0 Å². The molecule has 0 aliphatic carbocycles. The van der Waals surface area contributed by atoms with Crippen LogP contribution in [0.4, 0.5) is 4.39 Å². The lowest BCUT2D eigenvalue weighted by Gasteiger charge is -2.26. The fourth-order valence-corrected chi connectivity index (χ4v) is 4.22. The molecule has 1 amide bonds. The first-order valence-electron chi connectivity index (χ1n) is 10.2. The molecule has 1 aliphatic rings. The predicted octanol–water partition coefficient (Wildman–Crippen LogP) is 3.63. The summed E-state index contributed by atoms with van der Waals surface area (Å²) in [5.41, 5.74) is 1.72. The van der Waals surface area contributed by atoms with Gasteiger partial charge >= 0.3 is 0 Å². The number of thioether (sulfide) groups is 1. The monoisotopic (exact) mass is 441 g/mol. The largest absolute Gasteiger partial charge is 0.486 e. The van der Waals surface area contributed by atoms with Gasteiger partial charge in [-0.2, -0.15) is 0 Å². The quantitative estimate of drug-likeness (QED) is 0.445. The smallest absolute Gasteiger partial charge is 0.253 e. The Morgan fingerprint density at radius 2 is 1.87 bits per heavy atom. The zero-order valence-electron chi connectivity index (χ0n) is 17.0. The molecule has 1 aliphatic heterocycles. The van der Waals surface area contributed by atoms with Gasteiger partial charge in [0, 0.05) is 24.4 Å². The number of halogens is 1. The van der Waals surface area contributed by atoms with E-state index >= 15 is 0 Å². The highest BCUT2D eigenvalue weighted by Gasteiger charge is 2.18. The van der Waals surface area contributed by atoms with Crippen molar-refractivity contribution in [2.24, 2.45) is 0 Å². The number of hydrogen-bond acceptors (Lipinski definition) is 6. The second-order valence-electron chi connectivity index (χ2n) is 7.35. The molecule has 0 saturated carbocycles. The molecule has 0 radical (unpaired) electrons. The van der Waals surface area contributed by atoms with Gasteiger partial charge in [-0.05, 0) is 61.2 Å². The molecule has 2 N–H and O–H groups in total. The Bertz CT molecular complexity index is 1030. The Balaban J connectivity index is 1.35. The number of aromatic nitrogens is 3. The van der Waals surface area contributed by atoms with E-state index in [-0.39, 0.29) is 18.3 Å². The fraction of sp³-hybridized carbons (Fsp3) is 0.318. The molecule has 162 valence electrons. The van der Waals surface area contributed by atoms with E-state index < -0.39 is 0 Å². The second-order valence-corrected chi connectivity index (χ2v) is 8.30. The van der Waals surface area contributed by atoms with Crippen LogP contribution in [0.2, 0.25) is 0 Å². The summed E-state index contributed by atoms with van der Waals surface area (Å²) >= 11 is 1.43. The van der Waals surface area contributed by atoms with Crippen molar-refractivity contribution in [2.45, 2.75) is 36.8 Å². The number of nitrogens with two attached hydrogens (primary N) is 1. The highest BCUT2D eigenvalue weighted by atomic mass is 32.2. The molecule has 9 heteroatoms. The summed E-state index contributed by atoms with van der Waals surface area (Å²) < 4.78 is 19.9. The third kappa shape index (κ3) is 5.35. The zero-order chi connectivity index (χ0) is 21.6. The molecule has 0 atom stereocenters. The third-order valence-corrected chi connectivity index (χ3v) is 6.12. The van der Waals surface area contributed by atoms with Gasteiger partial charge < -0.3 is 15.5 Å². The lowest BCUT2D eigenvalue weighted by molar-refractivity contribution is 0.0724. The Morgan fingerprint density at radius 1 is 1.10 bits per heavy atom. The number of carbonyl (C=O) groups is 1. The van der Waals surface area contributed by atoms with Crippen LogP contribution < -0.4 is 10.6 Å². The number of rotatable bonds is 7. The highest BCUT2D eigenvalue weighted by Crippen LogP contribution is 2.22. The van der Waals surface area contributed by atoms with Gasteiger partial charge in [0.2, 0.25) is 5.16 Å². The molecular weight excluding hydrogens is 417 g/mol. The van der Waals surface area contributed by atoms with E-state index in [1.807, 2.05) is 29.2 Å². The average Bonchev–Trinajstić information content (AvgIpc) is 3.17. The molecule has 1 aromatic heterocycles. The number of nitrogen functional groups attached to an aromatic ring is 1. The first kappa shape index (κ1) is 21.2. The summed E-state index contributed by atoms with van der Waals surface area (Å²) in [5, 5.41) is 8.75. The minimum Gasteiger partial charge on any atom is -0.486 e. The van der Waals surface area contributed by atoms with Crippen LogP contribution in [0.15, 0.2) is 53.7 Å². The number of likely N-dealkylation sites (tertiary alicyclic amines) is 1. The van der Waals surface area contributed by atoms with Crippen LogP contribution in [-0.2, 0) is 12.4 Å². The molecule has 2 heterocycles. The number of benzene rings is 2. The normalized spacial score (nSPS) is 13.9. The topological polar surface area (TPSA) is 86.3 Å². The van der Waals surface area contributed by atoms with E-state index in [2.05, 4.69) is 10.2 Å². The van der Waals surface area contributed by atoms with Crippen LogP contribution in [0.3, 0.4) is 0 Å². The van der Waals surface area contributed by atoms with Gasteiger partial charge in [-0.15, -0.1) is 10.2 Å². The number of amides is 1. The summed E-state index contributed by atoms with van der Waals surface area (Å²) in [6.07, 6.45) is 3.33. The summed E-state index contributed by atoms with van der Waals surface area (Å²) in [6.45, 7) is 1.78. The molecule has 0 spiro atoms. The van der Waals surface area contributed by atoms with Crippen LogP contribution in [-0.4, -0.2) is 38.8 Å². The summed E-state index contributed by atoms with van der Waals surface area (Å²) in [7, 11) is 0. The Labute approximate surface area is 184 Å². The summed E-state index contributed by atoms with van der Waals surface area (Å²) in [6, 6.07) is 13.4. The molecule has 4 rings (SSSR count). The standard InChI is InChI=1S/C22H24FN5O2S/c23-18-7-9-19(10-8-18)30-14-20-25-26-22(28(20)24)31-15-16-5-4-6-17(13-16)21(29)27-11-2-1-3-12-27/h4-10,13H,1-3,11-12,14-15,24H2.